The molecule has 24 heavy (non-hydrogen) atoms. The summed E-state index contributed by atoms with van der Waals surface area (Å²) in [6, 6.07) is 20.2. The fraction of sp³-hybridized carbons (Fsp3) is 0.318. The number of rotatable bonds is 4. The minimum Gasteiger partial charge on any atom is -0.386 e. The average molecular weight is 327 g/mol. The Morgan fingerprint density at radius 2 is 1.08 bits per heavy atom. The minimum absolute atomic E-state index is 0.865. The van der Waals surface area contributed by atoms with Crippen molar-refractivity contribution in [1.82, 2.24) is 5.32 Å². The molecule has 2 heteroatoms. The predicted octanol–water partition coefficient (Wildman–Crippen LogP) is 6.51. The van der Waals surface area contributed by atoms with E-state index in [0.29, 0.717) is 0 Å². The van der Waals surface area contributed by atoms with E-state index in [1.807, 2.05) is 97.1 Å². The Morgan fingerprint density at radius 3 is 1.42 bits per heavy atom. The third-order valence-corrected chi connectivity index (χ3v) is 2.75. The summed E-state index contributed by atoms with van der Waals surface area (Å²) in [6.07, 6.45) is 0. The average Bonchev–Trinajstić information content (AvgIpc) is 2.72. The fourth-order valence-electron chi connectivity index (χ4n) is 1.91. The Balaban J connectivity index is 0. The van der Waals surface area contributed by atoms with Crippen LogP contribution in [0.4, 0.5) is 0 Å². The second-order valence-electron chi connectivity index (χ2n) is 3.86. The van der Waals surface area contributed by atoms with Gasteiger partial charge in [0.15, 0.2) is 0 Å². The van der Waals surface area contributed by atoms with Crippen molar-refractivity contribution in [3.63, 3.8) is 0 Å². The van der Waals surface area contributed by atoms with Gasteiger partial charge in [-0.15, -0.1) is 0 Å². The van der Waals surface area contributed by atoms with E-state index in [9.17, 15) is 0 Å². The van der Waals surface area contributed by atoms with Crippen LogP contribution >= 0.6 is 0 Å². The van der Waals surface area contributed by atoms with Crippen molar-refractivity contribution in [2.75, 3.05) is 7.05 Å². The third kappa shape index (κ3) is 7.77. The number of hydrogen-bond donors (Lipinski definition) is 1. The lowest BCUT2D eigenvalue weighted by Crippen LogP contribution is -2.07. The second-order valence-corrected chi connectivity index (χ2v) is 3.86. The van der Waals surface area contributed by atoms with Crippen molar-refractivity contribution in [1.29, 1.82) is 0 Å². The van der Waals surface area contributed by atoms with Gasteiger partial charge < -0.3 is 5.32 Å². The minimum atomic E-state index is 0.865. The van der Waals surface area contributed by atoms with Crippen LogP contribution in [-0.2, 0) is 0 Å². The Bertz CT molecular complexity index is 543. The van der Waals surface area contributed by atoms with E-state index < -0.39 is 0 Å². The molecule has 0 unspecified atom stereocenters. The predicted molar refractivity (Wildman–Crippen MR) is 112 cm³/mol. The van der Waals surface area contributed by atoms with Gasteiger partial charge in [0.2, 0.25) is 0 Å². The zero-order valence-electron chi connectivity index (χ0n) is 16.4. The summed E-state index contributed by atoms with van der Waals surface area (Å²) in [4.78, 5) is 4.17. The molecule has 2 rings (SSSR count). The molecule has 0 aliphatic carbocycles. The highest BCUT2D eigenvalue weighted by molar-refractivity contribution is 5.90. The summed E-state index contributed by atoms with van der Waals surface area (Å²) >= 11 is 0. The Kier molecular flexibility index (Phi) is 16.9. The first kappa shape index (κ1) is 23.9. The molecule has 0 spiro atoms. The summed E-state index contributed by atoms with van der Waals surface area (Å²) < 4.78 is 0. The van der Waals surface area contributed by atoms with Crippen LogP contribution in [0.2, 0.25) is 0 Å². The van der Waals surface area contributed by atoms with E-state index in [4.69, 9.17) is 0 Å². The summed E-state index contributed by atoms with van der Waals surface area (Å²) in [6.45, 7) is 15.7. The van der Waals surface area contributed by atoms with Gasteiger partial charge in [-0.05, 0) is 12.3 Å². The number of nitrogens with one attached hydrogen (secondary N) is 1. The standard InChI is InChI=1S/C16H16N2.3C2H6/c1-17-15(13-9-5-3-6-10-13)16(18-2)14-11-7-4-8-12-14;3*1-2/h3-12,18H,1H2,2H3;3*1-2H3/b16-15-;;;. The van der Waals surface area contributed by atoms with Crippen LogP contribution in [0.25, 0.3) is 11.4 Å². The molecule has 0 heterocycles. The van der Waals surface area contributed by atoms with Crippen LogP contribution in [0.1, 0.15) is 52.7 Å². The highest BCUT2D eigenvalue weighted by Crippen LogP contribution is 2.24. The van der Waals surface area contributed by atoms with Crippen LogP contribution in [0.15, 0.2) is 65.7 Å². The van der Waals surface area contributed by atoms with Gasteiger partial charge in [0.25, 0.3) is 0 Å². The van der Waals surface area contributed by atoms with Gasteiger partial charge in [-0.2, -0.15) is 0 Å². The Morgan fingerprint density at radius 1 is 0.708 bits per heavy atom. The molecule has 0 aromatic heterocycles. The summed E-state index contributed by atoms with van der Waals surface area (Å²) in [7, 11) is 1.90. The first-order valence-corrected chi connectivity index (χ1v) is 8.86. The highest BCUT2D eigenvalue weighted by Gasteiger charge is 2.08. The van der Waals surface area contributed by atoms with Crippen molar-refractivity contribution < 1.29 is 0 Å². The van der Waals surface area contributed by atoms with Gasteiger partial charge in [0, 0.05) is 12.6 Å². The quantitative estimate of drug-likeness (QED) is 0.502. The van der Waals surface area contributed by atoms with Crippen LogP contribution < -0.4 is 5.32 Å². The first-order valence-electron chi connectivity index (χ1n) is 8.86. The van der Waals surface area contributed by atoms with Gasteiger partial charge in [-0.1, -0.05) is 102 Å². The highest BCUT2D eigenvalue weighted by atomic mass is 14.9. The summed E-state index contributed by atoms with van der Waals surface area (Å²) in [5, 5.41) is 3.21. The molecule has 2 nitrogen and oxygen atoms in total. The van der Waals surface area contributed by atoms with Crippen LogP contribution in [0, 0.1) is 0 Å². The molecule has 0 atom stereocenters. The zero-order chi connectivity index (χ0) is 18.8. The van der Waals surface area contributed by atoms with E-state index in [1.165, 1.54) is 0 Å². The van der Waals surface area contributed by atoms with Crippen molar-refractivity contribution in [3.05, 3.63) is 71.8 Å². The SMILES string of the molecule is C=N/C(=C(\NC)c1ccccc1)c1ccccc1.CC.CC.CC. The molecule has 0 aliphatic rings. The number of aliphatic imine (C=N–C) groups is 1. The van der Waals surface area contributed by atoms with Crippen LogP contribution in [-0.4, -0.2) is 13.8 Å². The largest absolute Gasteiger partial charge is 0.386 e. The molecule has 0 aliphatic heterocycles. The third-order valence-electron chi connectivity index (χ3n) is 2.75. The van der Waals surface area contributed by atoms with Gasteiger partial charge in [0.1, 0.15) is 0 Å². The zero-order valence-corrected chi connectivity index (χ0v) is 16.4. The Hall–Kier alpha value is -2.35. The molecular formula is C22H34N2. The maximum atomic E-state index is 4.17. The number of nitrogens with zero attached hydrogens (tertiary/aromatic N) is 1. The van der Waals surface area contributed by atoms with E-state index in [-0.39, 0.29) is 0 Å². The molecule has 0 saturated carbocycles. The van der Waals surface area contributed by atoms with E-state index in [1.54, 1.807) is 0 Å². The van der Waals surface area contributed by atoms with Crippen LogP contribution in [0.5, 0.6) is 0 Å². The first-order chi connectivity index (χ1) is 11.9. The van der Waals surface area contributed by atoms with Crippen molar-refractivity contribution >= 4 is 18.1 Å². The van der Waals surface area contributed by atoms with E-state index in [2.05, 4.69) is 29.2 Å². The summed E-state index contributed by atoms with van der Waals surface area (Å²) in [5.41, 5.74) is 4.01. The molecule has 1 N–H and O–H groups in total. The number of hydrogen-bond acceptors (Lipinski definition) is 2. The molecule has 0 fully saturated rings. The lowest BCUT2D eigenvalue weighted by atomic mass is 10.1. The molecule has 0 saturated heterocycles. The molecule has 0 bridgehead atoms. The fourth-order valence-corrected chi connectivity index (χ4v) is 1.91. The van der Waals surface area contributed by atoms with Crippen molar-refractivity contribution in [3.8, 4) is 0 Å². The van der Waals surface area contributed by atoms with E-state index in [0.717, 1.165) is 22.5 Å². The van der Waals surface area contributed by atoms with Crippen molar-refractivity contribution in [2.24, 2.45) is 4.99 Å². The molecule has 132 valence electrons. The van der Waals surface area contributed by atoms with E-state index >= 15 is 0 Å². The molecule has 2 aromatic carbocycles. The lowest BCUT2D eigenvalue weighted by Gasteiger charge is -2.12. The lowest BCUT2D eigenvalue weighted by molar-refractivity contribution is 1.12. The molecule has 2 aromatic rings. The monoisotopic (exact) mass is 326 g/mol. The van der Waals surface area contributed by atoms with Gasteiger partial charge in [-0.3, -0.25) is 4.99 Å². The van der Waals surface area contributed by atoms with Crippen molar-refractivity contribution in [2.45, 2.75) is 41.5 Å². The van der Waals surface area contributed by atoms with Crippen LogP contribution in [0.3, 0.4) is 0 Å². The maximum absolute atomic E-state index is 4.17. The molecular weight excluding hydrogens is 292 g/mol. The topological polar surface area (TPSA) is 24.4 Å². The maximum Gasteiger partial charge on any atom is 0.0932 e. The second kappa shape index (κ2) is 17.0. The summed E-state index contributed by atoms with van der Waals surface area (Å²) in [5.74, 6) is 0. The Labute approximate surface area is 149 Å². The normalized spacial score (nSPS) is 9.46. The number of benzene rings is 2. The molecule has 0 radical (unpaired) electrons. The smallest absolute Gasteiger partial charge is 0.0932 e. The van der Waals surface area contributed by atoms with Gasteiger partial charge in [0.05, 0.1) is 11.4 Å². The van der Waals surface area contributed by atoms with Gasteiger partial charge in [-0.25, -0.2) is 0 Å². The van der Waals surface area contributed by atoms with Gasteiger partial charge >= 0.3 is 0 Å². The molecule has 0 amide bonds.